The summed E-state index contributed by atoms with van der Waals surface area (Å²) in [4.78, 5) is 31.2. The van der Waals surface area contributed by atoms with Gasteiger partial charge in [0.15, 0.2) is 0 Å². The van der Waals surface area contributed by atoms with Crippen LogP contribution in [-0.4, -0.2) is 30.0 Å². The average Bonchev–Trinajstić information content (AvgIpc) is 3.32. The van der Waals surface area contributed by atoms with Gasteiger partial charge >= 0.3 is 5.97 Å². The van der Waals surface area contributed by atoms with E-state index in [-0.39, 0.29) is 18.3 Å². The second-order valence-electron chi connectivity index (χ2n) is 8.35. The van der Waals surface area contributed by atoms with Crippen LogP contribution in [0.4, 0.5) is 22.2 Å². The first-order chi connectivity index (χ1) is 18.3. The fourth-order valence-electron chi connectivity index (χ4n) is 3.71. The maximum Gasteiger partial charge on any atom is 0.328 e. The Morgan fingerprint density at radius 3 is 2.53 bits per heavy atom. The van der Waals surface area contributed by atoms with E-state index in [9.17, 15) is 9.59 Å². The summed E-state index contributed by atoms with van der Waals surface area (Å²) >= 11 is 13.5. The number of thiazole rings is 1. The lowest BCUT2D eigenvalue weighted by Gasteiger charge is -2.30. The van der Waals surface area contributed by atoms with Gasteiger partial charge in [-0.15, -0.1) is 10.2 Å². The number of esters is 1. The van der Waals surface area contributed by atoms with Gasteiger partial charge < -0.3 is 15.0 Å². The lowest BCUT2D eigenvalue weighted by molar-refractivity contribution is -0.141. The molecule has 0 spiro atoms. The quantitative estimate of drug-likeness (QED) is 0.163. The fourth-order valence-corrected chi connectivity index (χ4v) is 4.90. The second kappa shape index (κ2) is 12.3. The van der Waals surface area contributed by atoms with E-state index in [1.807, 2.05) is 41.3 Å². The van der Waals surface area contributed by atoms with Gasteiger partial charge in [0.25, 0.3) is 0 Å². The van der Waals surface area contributed by atoms with Crippen molar-refractivity contribution < 1.29 is 14.3 Å². The normalized spacial score (nSPS) is 12.0. The van der Waals surface area contributed by atoms with Crippen LogP contribution in [0.25, 0.3) is 10.2 Å². The summed E-state index contributed by atoms with van der Waals surface area (Å²) in [5, 5.41) is 12.8. The van der Waals surface area contributed by atoms with E-state index in [0.717, 1.165) is 10.3 Å². The predicted octanol–water partition coefficient (Wildman–Crippen LogP) is 7.94. The van der Waals surface area contributed by atoms with E-state index in [1.54, 1.807) is 38.1 Å². The van der Waals surface area contributed by atoms with Gasteiger partial charge in [0.2, 0.25) is 11.0 Å². The maximum absolute atomic E-state index is 12.5. The summed E-state index contributed by atoms with van der Waals surface area (Å²) in [5.74, 6) is -0.557. The smallest absolute Gasteiger partial charge is 0.328 e. The Kier molecular flexibility index (Phi) is 8.93. The number of halogens is 2. The number of hydrogen-bond acceptors (Lipinski definition) is 8. The second-order valence-corrected chi connectivity index (χ2v) is 10.2. The summed E-state index contributed by atoms with van der Waals surface area (Å²) < 4.78 is 5.84. The zero-order chi connectivity index (χ0) is 27.2. The van der Waals surface area contributed by atoms with Gasteiger partial charge in [-0.25, -0.2) is 9.78 Å². The molecule has 0 aliphatic carbocycles. The number of fused-ring (bicyclic) bond motifs is 1. The van der Waals surface area contributed by atoms with E-state index in [1.165, 1.54) is 18.4 Å². The third kappa shape index (κ3) is 6.48. The van der Waals surface area contributed by atoms with Crippen molar-refractivity contribution in [2.45, 2.75) is 32.9 Å². The maximum atomic E-state index is 12.5. The molecule has 0 bridgehead atoms. The number of amides is 1. The fraction of sp³-hybridized carbons (Fsp3) is 0.222. The third-order valence-corrected chi connectivity index (χ3v) is 7.40. The molecule has 8 nitrogen and oxygen atoms in total. The zero-order valence-electron chi connectivity index (χ0n) is 20.9. The van der Waals surface area contributed by atoms with Gasteiger partial charge in [0.1, 0.15) is 11.7 Å². The molecule has 3 aromatic carbocycles. The van der Waals surface area contributed by atoms with Crippen molar-refractivity contribution >= 4 is 78.8 Å². The van der Waals surface area contributed by atoms with Crippen molar-refractivity contribution in [2.24, 2.45) is 10.2 Å². The minimum Gasteiger partial charge on any atom is -0.467 e. The Hall–Kier alpha value is -3.53. The highest BCUT2D eigenvalue weighted by Crippen LogP contribution is 2.37. The van der Waals surface area contributed by atoms with Crippen LogP contribution in [-0.2, 0) is 20.9 Å². The van der Waals surface area contributed by atoms with Crippen LogP contribution in [0, 0.1) is 0 Å². The molecule has 1 unspecified atom stereocenters. The summed E-state index contributed by atoms with van der Waals surface area (Å²) in [6.45, 7) is 3.99. The van der Waals surface area contributed by atoms with Gasteiger partial charge in [0, 0.05) is 18.7 Å². The number of carbonyl (C=O) groups excluding carboxylic acids is 2. The number of hydrogen-bond donors (Lipinski definition) is 1. The van der Waals surface area contributed by atoms with Crippen molar-refractivity contribution in [2.75, 3.05) is 17.3 Å². The number of benzene rings is 3. The highest BCUT2D eigenvalue weighted by Gasteiger charge is 2.24. The zero-order valence-corrected chi connectivity index (χ0v) is 23.3. The predicted molar refractivity (Wildman–Crippen MR) is 153 cm³/mol. The first kappa shape index (κ1) is 27.5. The van der Waals surface area contributed by atoms with Gasteiger partial charge in [-0.1, -0.05) is 71.8 Å². The van der Waals surface area contributed by atoms with Crippen LogP contribution in [0.1, 0.15) is 25.8 Å². The Balaban J connectivity index is 1.71. The Bertz CT molecular complexity index is 1450. The standard InChI is InChI=1S/C27H25Cl2N5O3S/c1-4-25(35)30-22-12-18(34(16(2)26(36)37-3)15-17-8-6-5-7-9-17)10-11-21(22)32-33-27-31-23-13-19(28)20(29)14-24(23)38-27/h5-14,16H,4,15H2,1-3H3,(H,30,35). The lowest BCUT2D eigenvalue weighted by atomic mass is 10.1. The number of anilines is 2. The van der Waals surface area contributed by atoms with Crippen LogP contribution in [0.3, 0.4) is 0 Å². The molecule has 4 rings (SSSR count). The van der Waals surface area contributed by atoms with Crippen LogP contribution >= 0.6 is 34.5 Å². The largest absolute Gasteiger partial charge is 0.467 e. The molecule has 11 heteroatoms. The third-order valence-electron chi connectivity index (χ3n) is 5.78. The van der Waals surface area contributed by atoms with Crippen LogP contribution in [0.5, 0.6) is 0 Å². The molecule has 1 atom stereocenters. The molecule has 0 radical (unpaired) electrons. The van der Waals surface area contributed by atoms with E-state index < -0.39 is 6.04 Å². The molecule has 196 valence electrons. The van der Waals surface area contributed by atoms with Gasteiger partial charge in [-0.05, 0) is 42.8 Å². The van der Waals surface area contributed by atoms with E-state index >= 15 is 0 Å². The molecular formula is C27H25Cl2N5O3S. The van der Waals surface area contributed by atoms with E-state index in [4.69, 9.17) is 27.9 Å². The molecule has 0 saturated carbocycles. The Morgan fingerprint density at radius 2 is 1.82 bits per heavy atom. The molecule has 0 saturated heterocycles. The summed E-state index contributed by atoms with van der Waals surface area (Å²) in [7, 11) is 1.36. The van der Waals surface area contributed by atoms with E-state index in [0.29, 0.717) is 44.3 Å². The van der Waals surface area contributed by atoms with Crippen molar-refractivity contribution in [3.8, 4) is 0 Å². The molecule has 4 aromatic rings. The van der Waals surface area contributed by atoms with Gasteiger partial charge in [-0.3, -0.25) is 4.79 Å². The minimum atomic E-state index is -0.580. The van der Waals surface area contributed by atoms with Crippen LogP contribution < -0.4 is 10.2 Å². The average molecular weight is 571 g/mol. The lowest BCUT2D eigenvalue weighted by Crippen LogP contribution is -2.39. The number of rotatable bonds is 9. The number of nitrogens with one attached hydrogen (secondary N) is 1. The van der Waals surface area contributed by atoms with Crippen LogP contribution in [0.15, 0.2) is 70.9 Å². The van der Waals surface area contributed by atoms with Gasteiger partial charge in [0.05, 0.1) is 33.1 Å². The van der Waals surface area contributed by atoms with Crippen molar-refractivity contribution in [3.63, 3.8) is 0 Å². The molecule has 1 amide bonds. The summed E-state index contributed by atoms with van der Waals surface area (Å²) in [6, 6.07) is 18.0. The van der Waals surface area contributed by atoms with Crippen molar-refractivity contribution in [1.29, 1.82) is 0 Å². The molecule has 0 aliphatic rings. The molecule has 38 heavy (non-hydrogen) atoms. The molecule has 0 aliphatic heterocycles. The van der Waals surface area contributed by atoms with Crippen molar-refractivity contribution in [3.05, 3.63) is 76.3 Å². The van der Waals surface area contributed by atoms with Crippen molar-refractivity contribution in [1.82, 2.24) is 4.98 Å². The molecule has 1 heterocycles. The number of azo groups is 1. The topological polar surface area (TPSA) is 96.2 Å². The molecule has 1 N–H and O–H groups in total. The molecule has 0 fully saturated rings. The Morgan fingerprint density at radius 1 is 1.08 bits per heavy atom. The highest BCUT2D eigenvalue weighted by atomic mass is 35.5. The SMILES string of the molecule is CCC(=O)Nc1cc(N(Cc2ccccc2)C(C)C(=O)OC)ccc1N=Nc1nc2cc(Cl)c(Cl)cc2s1. The number of nitrogens with zero attached hydrogens (tertiary/aromatic N) is 4. The minimum absolute atomic E-state index is 0.182. The summed E-state index contributed by atoms with van der Waals surface area (Å²) in [6.07, 6.45) is 0.284. The monoisotopic (exact) mass is 569 g/mol. The van der Waals surface area contributed by atoms with Gasteiger partial charge in [-0.2, -0.15) is 0 Å². The molecular weight excluding hydrogens is 545 g/mol. The number of aromatic nitrogens is 1. The Labute approximate surface area is 234 Å². The van der Waals surface area contributed by atoms with Crippen LogP contribution in [0.2, 0.25) is 10.0 Å². The molecule has 1 aromatic heterocycles. The first-order valence-corrected chi connectivity index (χ1v) is 13.4. The first-order valence-electron chi connectivity index (χ1n) is 11.8. The van der Waals surface area contributed by atoms with E-state index in [2.05, 4.69) is 20.5 Å². The number of methoxy groups -OCH3 is 1. The number of ether oxygens (including phenoxy) is 1. The summed E-state index contributed by atoms with van der Waals surface area (Å²) in [5.41, 5.74) is 3.29. The highest BCUT2D eigenvalue weighted by molar-refractivity contribution is 7.22. The number of carbonyl (C=O) groups is 2.